The molecule has 0 bridgehead atoms. The molecule has 1 aromatic rings. The molecule has 0 radical (unpaired) electrons. The van der Waals surface area contributed by atoms with Crippen molar-refractivity contribution in [2.24, 2.45) is 0 Å². The van der Waals surface area contributed by atoms with Crippen molar-refractivity contribution in [1.29, 1.82) is 0 Å². The van der Waals surface area contributed by atoms with Crippen molar-refractivity contribution in [3.05, 3.63) is 28.3 Å². The van der Waals surface area contributed by atoms with Gasteiger partial charge in [-0.3, -0.25) is 10.1 Å². The first-order chi connectivity index (χ1) is 8.19. The van der Waals surface area contributed by atoms with Gasteiger partial charge >= 0.3 is 0 Å². The fraction of sp³-hybridized carbons (Fsp3) is 0.455. The van der Waals surface area contributed by atoms with Gasteiger partial charge < -0.3 is 14.2 Å². The fourth-order valence-corrected chi connectivity index (χ4v) is 1.65. The van der Waals surface area contributed by atoms with E-state index in [1.807, 2.05) is 0 Å². The molecule has 1 fully saturated rings. The lowest BCUT2D eigenvalue weighted by Crippen LogP contribution is -2.15. The SMILES string of the molecule is COc1cc(OC2CCOC2)cc([N+](=O)[O-])c1. The average Bonchev–Trinajstić information content (AvgIpc) is 2.81. The number of ether oxygens (including phenoxy) is 3. The highest BCUT2D eigenvalue weighted by Gasteiger charge is 2.19. The van der Waals surface area contributed by atoms with E-state index in [2.05, 4.69) is 0 Å². The summed E-state index contributed by atoms with van der Waals surface area (Å²) >= 11 is 0. The van der Waals surface area contributed by atoms with E-state index in [0.717, 1.165) is 6.42 Å². The van der Waals surface area contributed by atoms with E-state index in [9.17, 15) is 10.1 Å². The smallest absolute Gasteiger partial charge is 0.276 e. The van der Waals surface area contributed by atoms with E-state index in [4.69, 9.17) is 14.2 Å². The molecule has 1 heterocycles. The molecule has 1 saturated heterocycles. The van der Waals surface area contributed by atoms with E-state index in [-0.39, 0.29) is 11.8 Å². The molecule has 6 heteroatoms. The van der Waals surface area contributed by atoms with Crippen LogP contribution < -0.4 is 9.47 Å². The van der Waals surface area contributed by atoms with Gasteiger partial charge in [-0.1, -0.05) is 0 Å². The lowest BCUT2D eigenvalue weighted by Gasteiger charge is -2.12. The molecule has 0 spiro atoms. The topological polar surface area (TPSA) is 70.8 Å². The summed E-state index contributed by atoms with van der Waals surface area (Å²) in [7, 11) is 1.46. The normalized spacial score (nSPS) is 19.0. The first-order valence-corrected chi connectivity index (χ1v) is 5.27. The molecule has 0 amide bonds. The van der Waals surface area contributed by atoms with Crippen molar-refractivity contribution in [3.8, 4) is 11.5 Å². The summed E-state index contributed by atoms with van der Waals surface area (Å²) in [5.74, 6) is 0.847. The van der Waals surface area contributed by atoms with Gasteiger partial charge in [-0.15, -0.1) is 0 Å². The van der Waals surface area contributed by atoms with Crippen molar-refractivity contribution in [1.82, 2.24) is 0 Å². The molecule has 0 aliphatic carbocycles. The van der Waals surface area contributed by atoms with Crippen LogP contribution in [0.15, 0.2) is 18.2 Å². The first kappa shape index (κ1) is 11.7. The summed E-state index contributed by atoms with van der Waals surface area (Å²) in [5, 5.41) is 10.7. The second-order valence-electron chi connectivity index (χ2n) is 3.73. The second kappa shape index (κ2) is 5.01. The maximum absolute atomic E-state index is 10.7. The number of nitro groups is 1. The van der Waals surface area contributed by atoms with Crippen molar-refractivity contribution in [3.63, 3.8) is 0 Å². The summed E-state index contributed by atoms with van der Waals surface area (Å²) in [4.78, 5) is 10.3. The molecule has 1 aromatic carbocycles. The Bertz CT molecular complexity index is 414. The highest BCUT2D eigenvalue weighted by Crippen LogP contribution is 2.28. The summed E-state index contributed by atoms with van der Waals surface area (Å²) in [6.07, 6.45) is 0.757. The van der Waals surface area contributed by atoms with Crippen LogP contribution in [-0.2, 0) is 4.74 Å². The van der Waals surface area contributed by atoms with Crippen molar-refractivity contribution in [2.75, 3.05) is 20.3 Å². The van der Waals surface area contributed by atoms with Crippen molar-refractivity contribution >= 4 is 5.69 Å². The number of hydrogen-bond donors (Lipinski definition) is 0. The minimum Gasteiger partial charge on any atom is -0.496 e. The molecule has 0 aromatic heterocycles. The zero-order valence-corrected chi connectivity index (χ0v) is 9.42. The molecule has 1 unspecified atom stereocenters. The fourth-order valence-electron chi connectivity index (χ4n) is 1.65. The minimum absolute atomic E-state index is 0.0401. The third-order valence-electron chi connectivity index (χ3n) is 2.50. The third kappa shape index (κ3) is 2.85. The van der Waals surface area contributed by atoms with Gasteiger partial charge in [0.1, 0.15) is 17.6 Å². The standard InChI is InChI=1S/C11H13NO5/c1-15-10-4-8(12(13)14)5-11(6-10)17-9-2-3-16-7-9/h4-6,9H,2-3,7H2,1H3. The molecule has 1 aliphatic rings. The van der Waals surface area contributed by atoms with Gasteiger partial charge in [0.25, 0.3) is 5.69 Å². The van der Waals surface area contributed by atoms with Crippen LogP contribution in [-0.4, -0.2) is 31.4 Å². The Kier molecular flexibility index (Phi) is 3.43. The number of non-ortho nitro benzene ring substituents is 1. The lowest BCUT2D eigenvalue weighted by atomic mass is 10.2. The molecule has 0 saturated carbocycles. The van der Waals surface area contributed by atoms with E-state index in [1.54, 1.807) is 6.07 Å². The van der Waals surface area contributed by atoms with Crippen LogP contribution >= 0.6 is 0 Å². The zero-order valence-electron chi connectivity index (χ0n) is 9.42. The van der Waals surface area contributed by atoms with Crippen molar-refractivity contribution < 1.29 is 19.1 Å². The summed E-state index contributed by atoms with van der Waals surface area (Å²) in [5.41, 5.74) is -0.0433. The quantitative estimate of drug-likeness (QED) is 0.591. The Morgan fingerprint density at radius 2 is 2.18 bits per heavy atom. The largest absolute Gasteiger partial charge is 0.496 e. The Morgan fingerprint density at radius 3 is 2.76 bits per heavy atom. The number of nitrogens with zero attached hydrogens (tertiary/aromatic N) is 1. The maximum Gasteiger partial charge on any atom is 0.276 e. The van der Waals surface area contributed by atoms with Crippen LogP contribution in [0.4, 0.5) is 5.69 Å². The molecule has 0 N–H and O–H groups in total. The molecule has 1 atom stereocenters. The van der Waals surface area contributed by atoms with E-state index in [1.165, 1.54) is 19.2 Å². The molecule has 2 rings (SSSR count). The molecule has 1 aliphatic heterocycles. The molecule has 17 heavy (non-hydrogen) atoms. The minimum atomic E-state index is -0.472. The van der Waals surface area contributed by atoms with E-state index in [0.29, 0.717) is 24.7 Å². The second-order valence-corrected chi connectivity index (χ2v) is 3.73. The number of rotatable bonds is 4. The van der Waals surface area contributed by atoms with Crippen LogP contribution in [0.3, 0.4) is 0 Å². The van der Waals surface area contributed by atoms with Crippen LogP contribution in [0.25, 0.3) is 0 Å². The maximum atomic E-state index is 10.7. The highest BCUT2D eigenvalue weighted by atomic mass is 16.6. The summed E-state index contributed by atoms with van der Waals surface area (Å²) < 4.78 is 15.8. The summed E-state index contributed by atoms with van der Waals surface area (Å²) in [6, 6.07) is 4.38. The molecule has 92 valence electrons. The molecule has 6 nitrogen and oxygen atoms in total. The number of methoxy groups -OCH3 is 1. The van der Waals surface area contributed by atoms with E-state index >= 15 is 0 Å². The van der Waals surface area contributed by atoms with Gasteiger partial charge in [0.15, 0.2) is 0 Å². The predicted molar refractivity (Wildman–Crippen MR) is 59.5 cm³/mol. The average molecular weight is 239 g/mol. The molecular weight excluding hydrogens is 226 g/mol. The van der Waals surface area contributed by atoms with Crippen LogP contribution in [0, 0.1) is 10.1 Å². The van der Waals surface area contributed by atoms with Crippen molar-refractivity contribution in [2.45, 2.75) is 12.5 Å². The molecular formula is C11H13NO5. The zero-order chi connectivity index (χ0) is 12.3. The predicted octanol–water partition coefficient (Wildman–Crippen LogP) is 1.77. The Morgan fingerprint density at radius 1 is 1.41 bits per heavy atom. The van der Waals surface area contributed by atoms with Crippen LogP contribution in [0.1, 0.15) is 6.42 Å². The van der Waals surface area contributed by atoms with Gasteiger partial charge in [0.2, 0.25) is 0 Å². The number of hydrogen-bond acceptors (Lipinski definition) is 5. The van der Waals surface area contributed by atoms with Crippen LogP contribution in [0.2, 0.25) is 0 Å². The Labute approximate surface area is 98.2 Å². The highest BCUT2D eigenvalue weighted by molar-refractivity contribution is 5.46. The van der Waals surface area contributed by atoms with Gasteiger partial charge in [0, 0.05) is 12.5 Å². The first-order valence-electron chi connectivity index (χ1n) is 5.27. The van der Waals surface area contributed by atoms with E-state index < -0.39 is 4.92 Å². The Hall–Kier alpha value is -1.82. The monoisotopic (exact) mass is 239 g/mol. The van der Waals surface area contributed by atoms with Gasteiger partial charge in [-0.2, -0.15) is 0 Å². The van der Waals surface area contributed by atoms with Gasteiger partial charge in [-0.25, -0.2) is 0 Å². The third-order valence-corrected chi connectivity index (χ3v) is 2.50. The summed E-state index contributed by atoms with van der Waals surface area (Å²) in [6.45, 7) is 1.18. The Balaban J connectivity index is 2.19. The number of benzene rings is 1. The van der Waals surface area contributed by atoms with Gasteiger partial charge in [-0.05, 0) is 0 Å². The number of nitro benzene ring substituents is 1. The van der Waals surface area contributed by atoms with Crippen LogP contribution in [0.5, 0.6) is 11.5 Å². The van der Waals surface area contributed by atoms with Gasteiger partial charge in [0.05, 0.1) is 37.4 Å². The lowest BCUT2D eigenvalue weighted by molar-refractivity contribution is -0.385.